The van der Waals surface area contributed by atoms with E-state index in [4.69, 9.17) is 0 Å². The fourth-order valence-corrected chi connectivity index (χ4v) is 0.917. The zero-order valence-electron chi connectivity index (χ0n) is 5.65. The summed E-state index contributed by atoms with van der Waals surface area (Å²) >= 11 is 0. The number of hydrogen-bond acceptors (Lipinski definition) is 2. The second-order valence-corrected chi connectivity index (χ2v) is 2.27. The van der Waals surface area contributed by atoms with E-state index in [1.54, 1.807) is 10.8 Å². The van der Waals surface area contributed by atoms with E-state index in [2.05, 4.69) is 10.1 Å². The molecule has 0 unspecified atom stereocenters. The molecule has 0 saturated carbocycles. The first-order chi connectivity index (χ1) is 4.86. The smallest absolute Gasteiger partial charge is 0.155 e. The molecule has 0 N–H and O–H groups in total. The Labute approximate surface area is 58.3 Å². The lowest BCUT2D eigenvalue weighted by Gasteiger charge is -1.90. The third-order valence-electron chi connectivity index (χ3n) is 1.44. The molecule has 2 rings (SSSR count). The standard InChI is InChI=1S/C7H7N3/c1-6-2-3-10-7(4-6)8-5-9-10/h2-5H,1H3. The van der Waals surface area contributed by atoms with Gasteiger partial charge >= 0.3 is 0 Å². The molecule has 0 aliphatic rings. The molecule has 0 aromatic carbocycles. The van der Waals surface area contributed by atoms with Crippen molar-refractivity contribution in [2.75, 3.05) is 0 Å². The average molecular weight is 133 g/mol. The van der Waals surface area contributed by atoms with Crippen LogP contribution >= 0.6 is 0 Å². The summed E-state index contributed by atoms with van der Waals surface area (Å²) in [6.07, 6.45) is 3.45. The molecule has 2 heterocycles. The molecule has 0 radical (unpaired) electrons. The molecule has 0 atom stereocenters. The Hall–Kier alpha value is -1.38. The third kappa shape index (κ3) is 0.673. The van der Waals surface area contributed by atoms with Gasteiger partial charge in [-0.25, -0.2) is 9.50 Å². The highest BCUT2D eigenvalue weighted by Crippen LogP contribution is 2.00. The first kappa shape index (κ1) is 5.41. The van der Waals surface area contributed by atoms with Gasteiger partial charge in [-0.3, -0.25) is 0 Å². The van der Waals surface area contributed by atoms with Gasteiger partial charge in [0.15, 0.2) is 5.65 Å². The van der Waals surface area contributed by atoms with Gasteiger partial charge in [0.1, 0.15) is 6.33 Å². The molecule has 0 bridgehead atoms. The molecule has 3 heteroatoms. The van der Waals surface area contributed by atoms with E-state index >= 15 is 0 Å². The Morgan fingerprint density at radius 2 is 2.40 bits per heavy atom. The van der Waals surface area contributed by atoms with E-state index in [0.29, 0.717) is 0 Å². The van der Waals surface area contributed by atoms with Gasteiger partial charge in [0.05, 0.1) is 0 Å². The summed E-state index contributed by atoms with van der Waals surface area (Å²) in [5.74, 6) is 0. The fraction of sp³-hybridized carbons (Fsp3) is 0.143. The number of hydrogen-bond donors (Lipinski definition) is 0. The minimum Gasteiger partial charge on any atom is -0.221 e. The topological polar surface area (TPSA) is 30.2 Å². The largest absolute Gasteiger partial charge is 0.221 e. The van der Waals surface area contributed by atoms with Crippen LogP contribution in [0.5, 0.6) is 0 Å². The van der Waals surface area contributed by atoms with Crippen molar-refractivity contribution in [2.24, 2.45) is 0 Å². The second-order valence-electron chi connectivity index (χ2n) is 2.27. The van der Waals surface area contributed by atoms with E-state index in [9.17, 15) is 0 Å². The molecule has 2 aromatic heterocycles. The molecule has 0 spiro atoms. The lowest BCUT2D eigenvalue weighted by molar-refractivity contribution is 0.958. The maximum absolute atomic E-state index is 4.03. The van der Waals surface area contributed by atoms with E-state index in [0.717, 1.165) is 5.65 Å². The number of aryl methyl sites for hydroxylation is 1. The highest BCUT2D eigenvalue weighted by molar-refractivity contribution is 5.38. The summed E-state index contributed by atoms with van der Waals surface area (Å²) in [5.41, 5.74) is 2.11. The summed E-state index contributed by atoms with van der Waals surface area (Å²) in [6.45, 7) is 2.04. The maximum Gasteiger partial charge on any atom is 0.155 e. The Balaban J connectivity index is 2.86. The molecule has 2 aromatic rings. The molecule has 3 nitrogen and oxygen atoms in total. The monoisotopic (exact) mass is 133 g/mol. The number of fused-ring (bicyclic) bond motifs is 1. The van der Waals surface area contributed by atoms with Crippen LogP contribution in [0, 0.1) is 6.92 Å². The molecule has 0 amide bonds. The van der Waals surface area contributed by atoms with Crippen LogP contribution in [0.15, 0.2) is 24.7 Å². The number of aromatic nitrogens is 3. The van der Waals surface area contributed by atoms with E-state index in [1.165, 1.54) is 5.56 Å². The molecular formula is C7H7N3. The van der Waals surface area contributed by atoms with Crippen LogP contribution in [0.4, 0.5) is 0 Å². The highest BCUT2D eigenvalue weighted by Gasteiger charge is 1.91. The average Bonchev–Trinajstić information content (AvgIpc) is 2.33. The lowest BCUT2D eigenvalue weighted by atomic mass is 10.3. The van der Waals surface area contributed by atoms with Gasteiger partial charge in [-0.1, -0.05) is 0 Å². The first-order valence-corrected chi connectivity index (χ1v) is 3.12. The number of pyridine rings is 1. The SMILES string of the molecule is Cc1ccn2ncnc2c1. The van der Waals surface area contributed by atoms with Crippen LogP contribution in [-0.2, 0) is 0 Å². The van der Waals surface area contributed by atoms with Crippen LogP contribution in [0.25, 0.3) is 5.65 Å². The third-order valence-corrected chi connectivity index (χ3v) is 1.44. The first-order valence-electron chi connectivity index (χ1n) is 3.12. The van der Waals surface area contributed by atoms with Gasteiger partial charge in [-0.15, -0.1) is 0 Å². The van der Waals surface area contributed by atoms with Crippen molar-refractivity contribution in [3.05, 3.63) is 30.2 Å². The van der Waals surface area contributed by atoms with Gasteiger partial charge in [-0.2, -0.15) is 5.10 Å². The zero-order valence-corrected chi connectivity index (χ0v) is 5.65. The minimum atomic E-state index is 0.903. The number of rotatable bonds is 0. The van der Waals surface area contributed by atoms with Crippen LogP contribution in [0.3, 0.4) is 0 Å². The van der Waals surface area contributed by atoms with Crippen molar-refractivity contribution in [3.8, 4) is 0 Å². The Morgan fingerprint density at radius 1 is 1.50 bits per heavy atom. The predicted octanol–water partition coefficient (Wildman–Crippen LogP) is 1.04. The summed E-state index contributed by atoms with van der Waals surface area (Å²) in [5, 5.41) is 3.97. The maximum atomic E-state index is 4.03. The summed E-state index contributed by atoms with van der Waals surface area (Å²) in [7, 11) is 0. The van der Waals surface area contributed by atoms with Crippen molar-refractivity contribution in [3.63, 3.8) is 0 Å². The van der Waals surface area contributed by atoms with Gasteiger partial charge < -0.3 is 0 Å². The van der Waals surface area contributed by atoms with Crippen molar-refractivity contribution in [1.82, 2.24) is 14.6 Å². The molecule has 0 aliphatic carbocycles. The summed E-state index contributed by atoms with van der Waals surface area (Å²) in [4.78, 5) is 4.03. The second kappa shape index (κ2) is 1.80. The molecule has 10 heavy (non-hydrogen) atoms. The van der Waals surface area contributed by atoms with Crippen LogP contribution in [0.2, 0.25) is 0 Å². The van der Waals surface area contributed by atoms with Crippen LogP contribution in [0.1, 0.15) is 5.56 Å². The predicted molar refractivity (Wildman–Crippen MR) is 37.7 cm³/mol. The molecule has 50 valence electrons. The van der Waals surface area contributed by atoms with Gasteiger partial charge in [0.25, 0.3) is 0 Å². The summed E-state index contributed by atoms with van der Waals surface area (Å²) in [6, 6.07) is 3.99. The van der Waals surface area contributed by atoms with Crippen LogP contribution in [-0.4, -0.2) is 14.6 Å². The van der Waals surface area contributed by atoms with Gasteiger partial charge in [-0.05, 0) is 24.6 Å². The van der Waals surface area contributed by atoms with Crippen LogP contribution < -0.4 is 0 Å². The van der Waals surface area contributed by atoms with Crippen molar-refractivity contribution >= 4 is 5.65 Å². The normalized spacial score (nSPS) is 10.5. The summed E-state index contributed by atoms with van der Waals surface area (Å²) < 4.78 is 1.74. The Kier molecular flexibility index (Phi) is 0.974. The Morgan fingerprint density at radius 3 is 3.30 bits per heavy atom. The van der Waals surface area contributed by atoms with Gasteiger partial charge in [0, 0.05) is 6.20 Å². The quantitative estimate of drug-likeness (QED) is 0.537. The number of nitrogens with zero attached hydrogens (tertiary/aromatic N) is 3. The minimum absolute atomic E-state index is 0.903. The molecular weight excluding hydrogens is 126 g/mol. The van der Waals surface area contributed by atoms with E-state index in [1.807, 2.05) is 25.3 Å². The lowest BCUT2D eigenvalue weighted by Crippen LogP contribution is -1.85. The van der Waals surface area contributed by atoms with Crippen molar-refractivity contribution in [2.45, 2.75) is 6.92 Å². The fourth-order valence-electron chi connectivity index (χ4n) is 0.917. The molecule has 0 saturated heterocycles. The highest BCUT2D eigenvalue weighted by atomic mass is 15.3. The van der Waals surface area contributed by atoms with E-state index < -0.39 is 0 Å². The molecule has 0 aliphatic heterocycles. The van der Waals surface area contributed by atoms with Crippen molar-refractivity contribution < 1.29 is 0 Å². The molecule has 0 fully saturated rings. The van der Waals surface area contributed by atoms with Crippen molar-refractivity contribution in [1.29, 1.82) is 0 Å². The van der Waals surface area contributed by atoms with E-state index in [-0.39, 0.29) is 0 Å². The zero-order chi connectivity index (χ0) is 6.97. The van der Waals surface area contributed by atoms with Gasteiger partial charge in [0.2, 0.25) is 0 Å². The Bertz CT molecular complexity index is 350.